The molecule has 0 amide bonds. The number of fused-ring (bicyclic) bond motifs is 1. The second-order valence-electron chi connectivity index (χ2n) is 5.61. The highest BCUT2D eigenvalue weighted by molar-refractivity contribution is 5.84. The van der Waals surface area contributed by atoms with E-state index in [9.17, 15) is 0 Å². The van der Waals surface area contributed by atoms with Crippen molar-refractivity contribution < 1.29 is 4.74 Å². The summed E-state index contributed by atoms with van der Waals surface area (Å²) in [6, 6.07) is 19.3. The van der Waals surface area contributed by atoms with Gasteiger partial charge in [0.25, 0.3) is 0 Å². The lowest BCUT2D eigenvalue weighted by Crippen LogP contribution is -2.41. The van der Waals surface area contributed by atoms with Crippen molar-refractivity contribution in [3.8, 4) is 0 Å². The third kappa shape index (κ3) is 2.45. The Bertz CT molecular complexity index is 666. The summed E-state index contributed by atoms with van der Waals surface area (Å²) >= 11 is 0. The summed E-state index contributed by atoms with van der Waals surface area (Å²) in [5, 5.41) is 3.53. The Kier molecular flexibility index (Phi) is 3.20. The predicted molar refractivity (Wildman–Crippen MR) is 83.3 cm³/mol. The number of rotatable bonds is 2. The maximum Gasteiger partial charge on any atom is 0.202 e. The van der Waals surface area contributed by atoms with Gasteiger partial charge in [0.2, 0.25) is 5.90 Å². The number of hydrogen-bond donors (Lipinski definition) is 1. The standard InChI is InChI=1S/C18H18N2O/c1-2-6-13(7-3-1)17-12-21-18(20-17)16-10-14-8-4-5-9-15(14)11-19-16/h1-9,16-17,19H,10-12H2/t16-,17-/m0/s1. The van der Waals surface area contributed by atoms with Crippen molar-refractivity contribution in [2.24, 2.45) is 4.99 Å². The smallest absolute Gasteiger partial charge is 0.202 e. The Morgan fingerprint density at radius 3 is 2.57 bits per heavy atom. The van der Waals surface area contributed by atoms with Crippen LogP contribution in [0.3, 0.4) is 0 Å². The van der Waals surface area contributed by atoms with Gasteiger partial charge in [-0.3, -0.25) is 0 Å². The van der Waals surface area contributed by atoms with Crippen LogP contribution in [0, 0.1) is 0 Å². The number of nitrogens with zero attached hydrogens (tertiary/aromatic N) is 1. The molecule has 0 saturated heterocycles. The largest absolute Gasteiger partial charge is 0.477 e. The molecule has 0 spiro atoms. The average molecular weight is 278 g/mol. The summed E-state index contributed by atoms with van der Waals surface area (Å²) in [5.74, 6) is 0.860. The Morgan fingerprint density at radius 1 is 0.952 bits per heavy atom. The van der Waals surface area contributed by atoms with Crippen molar-refractivity contribution in [2.45, 2.75) is 25.0 Å². The van der Waals surface area contributed by atoms with Gasteiger partial charge in [0.15, 0.2) is 0 Å². The first-order chi connectivity index (χ1) is 10.4. The zero-order valence-electron chi connectivity index (χ0n) is 11.8. The fraction of sp³-hybridized carbons (Fsp3) is 0.278. The lowest BCUT2D eigenvalue weighted by atomic mass is 9.96. The lowest BCUT2D eigenvalue weighted by molar-refractivity contribution is 0.299. The molecule has 2 aliphatic heterocycles. The molecule has 0 saturated carbocycles. The van der Waals surface area contributed by atoms with Gasteiger partial charge in [-0.2, -0.15) is 0 Å². The van der Waals surface area contributed by atoms with Crippen LogP contribution in [0.4, 0.5) is 0 Å². The molecular formula is C18H18N2O. The monoisotopic (exact) mass is 278 g/mol. The van der Waals surface area contributed by atoms with Gasteiger partial charge in [-0.05, 0) is 23.1 Å². The Labute approximate surface area is 124 Å². The van der Waals surface area contributed by atoms with Gasteiger partial charge in [0, 0.05) is 6.54 Å². The van der Waals surface area contributed by atoms with Gasteiger partial charge in [0.1, 0.15) is 12.6 Å². The predicted octanol–water partition coefficient (Wildman–Crippen LogP) is 2.87. The molecular weight excluding hydrogens is 260 g/mol. The first kappa shape index (κ1) is 12.6. The third-order valence-electron chi connectivity index (χ3n) is 4.24. The molecule has 2 aliphatic rings. The van der Waals surface area contributed by atoms with Gasteiger partial charge < -0.3 is 10.1 Å². The number of hydrogen-bond acceptors (Lipinski definition) is 3. The zero-order chi connectivity index (χ0) is 14.1. The van der Waals surface area contributed by atoms with Crippen molar-refractivity contribution >= 4 is 5.90 Å². The Morgan fingerprint density at radius 2 is 1.71 bits per heavy atom. The van der Waals surface area contributed by atoms with Crippen molar-refractivity contribution in [1.82, 2.24) is 5.32 Å². The van der Waals surface area contributed by atoms with Crippen LogP contribution < -0.4 is 5.32 Å². The quantitative estimate of drug-likeness (QED) is 0.916. The summed E-state index contributed by atoms with van der Waals surface area (Å²) in [4.78, 5) is 4.79. The SMILES string of the molecule is c1ccc([C@@H]2COC([C@@H]3Cc4ccccc4CN3)=N2)cc1. The Hall–Kier alpha value is -2.13. The number of nitrogens with one attached hydrogen (secondary N) is 1. The van der Waals surface area contributed by atoms with Crippen molar-refractivity contribution in [1.29, 1.82) is 0 Å². The van der Waals surface area contributed by atoms with E-state index in [4.69, 9.17) is 9.73 Å². The molecule has 106 valence electrons. The molecule has 0 fully saturated rings. The first-order valence-corrected chi connectivity index (χ1v) is 7.46. The molecule has 0 bridgehead atoms. The van der Waals surface area contributed by atoms with Crippen LogP contribution in [0.25, 0.3) is 0 Å². The number of ether oxygens (including phenoxy) is 1. The highest BCUT2D eigenvalue weighted by Crippen LogP contribution is 2.26. The number of benzene rings is 2. The summed E-state index contributed by atoms with van der Waals surface area (Å²) in [7, 11) is 0. The maximum absolute atomic E-state index is 5.86. The van der Waals surface area contributed by atoms with E-state index in [-0.39, 0.29) is 12.1 Å². The van der Waals surface area contributed by atoms with Crippen LogP contribution in [-0.2, 0) is 17.7 Å². The zero-order valence-corrected chi connectivity index (χ0v) is 11.8. The molecule has 2 heterocycles. The molecule has 0 aliphatic carbocycles. The fourth-order valence-electron chi connectivity index (χ4n) is 3.06. The van der Waals surface area contributed by atoms with Gasteiger partial charge in [0.05, 0.1) is 6.04 Å². The maximum atomic E-state index is 5.86. The molecule has 2 aromatic carbocycles. The van der Waals surface area contributed by atoms with Crippen LogP contribution in [-0.4, -0.2) is 18.5 Å². The van der Waals surface area contributed by atoms with Crippen LogP contribution in [0.15, 0.2) is 59.6 Å². The molecule has 21 heavy (non-hydrogen) atoms. The van der Waals surface area contributed by atoms with E-state index in [0.717, 1.165) is 18.9 Å². The highest BCUT2D eigenvalue weighted by atomic mass is 16.5. The topological polar surface area (TPSA) is 33.6 Å². The second kappa shape index (κ2) is 5.34. The lowest BCUT2D eigenvalue weighted by Gasteiger charge is -2.25. The molecule has 3 nitrogen and oxygen atoms in total. The molecule has 0 aromatic heterocycles. The minimum Gasteiger partial charge on any atom is -0.477 e. The summed E-state index contributed by atoms with van der Waals surface area (Å²) in [5.41, 5.74) is 4.01. The van der Waals surface area contributed by atoms with E-state index >= 15 is 0 Å². The third-order valence-corrected chi connectivity index (χ3v) is 4.24. The van der Waals surface area contributed by atoms with Gasteiger partial charge in [-0.25, -0.2) is 4.99 Å². The molecule has 3 heteroatoms. The van der Waals surface area contributed by atoms with Crippen molar-refractivity contribution in [3.05, 3.63) is 71.3 Å². The Balaban J connectivity index is 1.53. The summed E-state index contributed by atoms with van der Waals surface area (Å²) < 4.78 is 5.86. The highest BCUT2D eigenvalue weighted by Gasteiger charge is 2.29. The average Bonchev–Trinajstić information content (AvgIpc) is 3.05. The minimum atomic E-state index is 0.139. The molecule has 0 radical (unpaired) electrons. The van der Waals surface area contributed by atoms with Crippen LogP contribution in [0.2, 0.25) is 0 Å². The number of aliphatic imine (C=N–C) groups is 1. The van der Waals surface area contributed by atoms with E-state index in [1.54, 1.807) is 0 Å². The van der Waals surface area contributed by atoms with Crippen LogP contribution >= 0.6 is 0 Å². The van der Waals surface area contributed by atoms with E-state index in [1.165, 1.54) is 16.7 Å². The van der Waals surface area contributed by atoms with E-state index in [0.29, 0.717) is 6.61 Å². The van der Waals surface area contributed by atoms with Crippen LogP contribution in [0.5, 0.6) is 0 Å². The van der Waals surface area contributed by atoms with E-state index in [2.05, 4.69) is 53.8 Å². The molecule has 1 N–H and O–H groups in total. The van der Waals surface area contributed by atoms with Crippen molar-refractivity contribution in [2.75, 3.05) is 6.61 Å². The van der Waals surface area contributed by atoms with Crippen molar-refractivity contribution in [3.63, 3.8) is 0 Å². The molecule has 2 atom stereocenters. The van der Waals surface area contributed by atoms with E-state index in [1.807, 2.05) is 6.07 Å². The molecule has 2 aromatic rings. The minimum absolute atomic E-state index is 0.139. The summed E-state index contributed by atoms with van der Waals surface area (Å²) in [6.07, 6.45) is 0.955. The fourth-order valence-corrected chi connectivity index (χ4v) is 3.06. The summed E-state index contributed by atoms with van der Waals surface area (Å²) in [6.45, 7) is 1.54. The second-order valence-corrected chi connectivity index (χ2v) is 5.61. The molecule has 4 rings (SSSR count). The first-order valence-electron chi connectivity index (χ1n) is 7.46. The van der Waals surface area contributed by atoms with Crippen LogP contribution in [0.1, 0.15) is 22.7 Å². The molecule has 0 unspecified atom stereocenters. The normalized spacial score (nSPS) is 24.1. The van der Waals surface area contributed by atoms with E-state index < -0.39 is 0 Å². The van der Waals surface area contributed by atoms with Gasteiger partial charge >= 0.3 is 0 Å². The van der Waals surface area contributed by atoms with Gasteiger partial charge in [-0.1, -0.05) is 54.6 Å². The van der Waals surface area contributed by atoms with Gasteiger partial charge in [-0.15, -0.1) is 0 Å².